The number of ether oxygens (including phenoxy) is 1. The van der Waals surface area contributed by atoms with Crippen molar-refractivity contribution in [3.05, 3.63) is 42.5 Å². The lowest BCUT2D eigenvalue weighted by Crippen LogP contribution is -1.80. The third-order valence-corrected chi connectivity index (χ3v) is 1.05. The van der Waals surface area contributed by atoms with Gasteiger partial charge >= 0.3 is 0 Å². The van der Waals surface area contributed by atoms with Crippen LogP contribution in [0, 0.1) is 6.61 Å². The highest BCUT2D eigenvalue weighted by atomic mass is 16.5. The third kappa shape index (κ3) is 1.78. The summed E-state index contributed by atoms with van der Waals surface area (Å²) in [6.45, 7) is 1.71. The summed E-state index contributed by atoms with van der Waals surface area (Å²) < 4.78 is 4.80. The summed E-state index contributed by atoms with van der Waals surface area (Å²) in [5.74, 6) is 0. The van der Waals surface area contributed by atoms with E-state index in [-0.39, 0.29) is 0 Å². The van der Waals surface area contributed by atoms with Crippen LogP contribution in [0.3, 0.4) is 0 Å². The van der Waals surface area contributed by atoms with Gasteiger partial charge in [0.2, 0.25) is 0 Å². The van der Waals surface area contributed by atoms with Gasteiger partial charge in [0.15, 0.2) is 0 Å². The highest BCUT2D eigenvalue weighted by Crippen LogP contribution is 2.00. The topological polar surface area (TPSA) is 9.23 Å². The van der Waals surface area contributed by atoms with E-state index in [0.29, 0.717) is 0 Å². The van der Waals surface area contributed by atoms with Crippen LogP contribution in [0.25, 0.3) is 0 Å². The van der Waals surface area contributed by atoms with Crippen LogP contribution in [-0.2, 0) is 4.74 Å². The van der Waals surface area contributed by atoms with E-state index in [1.165, 1.54) is 0 Å². The van der Waals surface area contributed by atoms with E-state index < -0.39 is 0 Å². The molecule has 1 heteroatoms. The summed E-state index contributed by atoms with van der Waals surface area (Å²) in [4.78, 5) is 0. The summed E-state index contributed by atoms with van der Waals surface area (Å²) in [7, 11) is 1.65. The van der Waals surface area contributed by atoms with Gasteiger partial charge in [0.25, 0.3) is 0 Å². The molecule has 0 saturated carbocycles. The summed E-state index contributed by atoms with van der Waals surface area (Å²) in [5, 5.41) is 0. The first-order chi connectivity index (χ1) is 4.43. The highest BCUT2D eigenvalue weighted by molar-refractivity contribution is 5.19. The quantitative estimate of drug-likeness (QED) is 0.542. The van der Waals surface area contributed by atoms with Gasteiger partial charge in [-0.3, -0.25) is 0 Å². The van der Waals surface area contributed by atoms with Crippen LogP contribution >= 0.6 is 0 Å². The van der Waals surface area contributed by atoms with Gasteiger partial charge in [-0.2, -0.15) is 17.7 Å². The number of rotatable bonds is 2. The number of methoxy groups -OCH3 is 1. The minimum absolute atomic E-state index is 1.10. The molecular weight excluding hydrogens is 112 g/mol. The molecule has 0 aromatic heterocycles. The molecule has 0 amide bonds. The Hall–Kier alpha value is -0.950. The number of benzene rings is 1. The maximum absolute atomic E-state index is 4.80. The molecule has 0 atom stereocenters. The molecule has 0 spiro atoms. The zero-order valence-electron chi connectivity index (χ0n) is 5.37. The van der Waals surface area contributed by atoms with Crippen molar-refractivity contribution in [3.8, 4) is 0 Å². The summed E-state index contributed by atoms with van der Waals surface area (Å²) in [6.07, 6.45) is 0. The molecule has 1 aromatic carbocycles. The Kier molecular flexibility index (Phi) is 2.16. The van der Waals surface area contributed by atoms with Crippen LogP contribution in [0.5, 0.6) is 0 Å². The van der Waals surface area contributed by atoms with Gasteiger partial charge in [-0.15, -0.1) is 12.1 Å². The molecule has 1 aromatic rings. The molecule has 0 bridgehead atoms. The Morgan fingerprint density at radius 3 is 2.44 bits per heavy atom. The van der Waals surface area contributed by atoms with Gasteiger partial charge in [0, 0.05) is 7.11 Å². The normalized spacial score (nSPS) is 9.00. The molecule has 48 valence electrons. The molecule has 0 aliphatic rings. The van der Waals surface area contributed by atoms with Crippen molar-refractivity contribution in [2.75, 3.05) is 7.11 Å². The molecule has 0 aliphatic carbocycles. The molecular formula is C8H9O-. The van der Waals surface area contributed by atoms with E-state index in [4.69, 9.17) is 4.74 Å². The van der Waals surface area contributed by atoms with Crippen LogP contribution in [0.1, 0.15) is 5.56 Å². The van der Waals surface area contributed by atoms with E-state index >= 15 is 0 Å². The second-order valence-corrected chi connectivity index (χ2v) is 1.76. The van der Waals surface area contributed by atoms with Gasteiger partial charge in [-0.05, 0) is 0 Å². The Morgan fingerprint density at radius 2 is 1.89 bits per heavy atom. The van der Waals surface area contributed by atoms with E-state index in [2.05, 4.69) is 0 Å². The molecule has 1 rings (SSSR count). The summed E-state index contributed by atoms with van der Waals surface area (Å²) in [5.41, 5.74) is 1.10. The van der Waals surface area contributed by atoms with Crippen molar-refractivity contribution in [1.82, 2.24) is 0 Å². The fraction of sp³-hybridized carbons (Fsp3) is 0.125. The molecule has 0 fully saturated rings. The molecule has 0 N–H and O–H groups in total. The Morgan fingerprint density at radius 1 is 1.22 bits per heavy atom. The molecule has 0 heterocycles. The lowest BCUT2D eigenvalue weighted by Gasteiger charge is -2.05. The minimum Gasteiger partial charge on any atom is -0.417 e. The van der Waals surface area contributed by atoms with Crippen LogP contribution in [-0.4, -0.2) is 7.11 Å². The average molecular weight is 121 g/mol. The Balaban J connectivity index is 2.61. The molecule has 1 nitrogen and oxygen atoms in total. The predicted molar refractivity (Wildman–Crippen MR) is 36.9 cm³/mol. The van der Waals surface area contributed by atoms with Crippen LogP contribution in [0.2, 0.25) is 0 Å². The van der Waals surface area contributed by atoms with Crippen molar-refractivity contribution in [1.29, 1.82) is 0 Å². The van der Waals surface area contributed by atoms with Crippen molar-refractivity contribution in [3.63, 3.8) is 0 Å². The molecule has 9 heavy (non-hydrogen) atoms. The van der Waals surface area contributed by atoms with E-state index in [9.17, 15) is 0 Å². The maximum Gasteiger partial charge on any atom is 0.0259 e. The lowest BCUT2D eigenvalue weighted by atomic mass is 10.2. The maximum atomic E-state index is 4.80. The van der Waals surface area contributed by atoms with Gasteiger partial charge in [-0.25, -0.2) is 0 Å². The Labute approximate surface area is 55.3 Å². The second kappa shape index (κ2) is 3.15. The zero-order valence-corrected chi connectivity index (χ0v) is 5.37. The van der Waals surface area contributed by atoms with E-state index in [1.54, 1.807) is 13.7 Å². The molecule has 0 saturated heterocycles. The standard InChI is InChI=1S/C8H9O/c1-9-7-8-5-3-2-4-6-8/h2-7H,1H3/q-1. The van der Waals surface area contributed by atoms with Crippen LogP contribution in [0.15, 0.2) is 30.3 Å². The predicted octanol–water partition coefficient (Wildman–Crippen LogP) is 1.84. The van der Waals surface area contributed by atoms with E-state index in [0.717, 1.165) is 5.56 Å². The third-order valence-electron chi connectivity index (χ3n) is 1.05. The summed E-state index contributed by atoms with van der Waals surface area (Å²) >= 11 is 0. The van der Waals surface area contributed by atoms with Gasteiger partial charge in [-0.1, -0.05) is 12.7 Å². The monoisotopic (exact) mass is 121 g/mol. The smallest absolute Gasteiger partial charge is 0.0259 e. The number of hydrogen-bond donors (Lipinski definition) is 0. The second-order valence-electron chi connectivity index (χ2n) is 1.76. The fourth-order valence-electron chi connectivity index (χ4n) is 0.668. The van der Waals surface area contributed by atoms with Crippen molar-refractivity contribution < 1.29 is 4.74 Å². The fourth-order valence-corrected chi connectivity index (χ4v) is 0.668. The van der Waals surface area contributed by atoms with Gasteiger partial charge < -0.3 is 4.74 Å². The van der Waals surface area contributed by atoms with E-state index in [1.807, 2.05) is 30.3 Å². The number of hydrogen-bond acceptors (Lipinski definition) is 1. The van der Waals surface area contributed by atoms with Crippen molar-refractivity contribution >= 4 is 0 Å². The van der Waals surface area contributed by atoms with Crippen molar-refractivity contribution in [2.24, 2.45) is 0 Å². The largest absolute Gasteiger partial charge is 0.417 e. The highest BCUT2D eigenvalue weighted by Gasteiger charge is 1.74. The van der Waals surface area contributed by atoms with Crippen molar-refractivity contribution in [2.45, 2.75) is 0 Å². The molecule has 0 unspecified atom stereocenters. The minimum atomic E-state index is 1.10. The van der Waals surface area contributed by atoms with Crippen LogP contribution in [0.4, 0.5) is 0 Å². The SMILES string of the molecule is CO[CH-]c1ccccc1. The average Bonchev–Trinajstić information content (AvgIpc) is 1.91. The molecule has 0 radical (unpaired) electrons. The van der Waals surface area contributed by atoms with Crippen LogP contribution < -0.4 is 0 Å². The summed E-state index contributed by atoms with van der Waals surface area (Å²) in [6, 6.07) is 9.91. The zero-order chi connectivity index (χ0) is 6.53. The van der Waals surface area contributed by atoms with Gasteiger partial charge in [0.05, 0.1) is 0 Å². The first kappa shape index (κ1) is 6.17. The first-order valence-corrected chi connectivity index (χ1v) is 2.84. The van der Waals surface area contributed by atoms with Gasteiger partial charge in [0.1, 0.15) is 0 Å². The lowest BCUT2D eigenvalue weighted by molar-refractivity contribution is 0.292. The Bertz CT molecular complexity index is 157. The first-order valence-electron chi connectivity index (χ1n) is 2.84. The molecule has 0 aliphatic heterocycles.